The lowest BCUT2D eigenvalue weighted by Crippen LogP contribution is -2.06. The summed E-state index contributed by atoms with van der Waals surface area (Å²) in [4.78, 5) is 11.2. The second-order valence-corrected chi connectivity index (χ2v) is 4.13. The summed E-state index contributed by atoms with van der Waals surface area (Å²) in [5, 5.41) is 1.13. The first-order valence-electron chi connectivity index (χ1n) is 4.18. The highest BCUT2D eigenvalue weighted by atomic mass is 79.9. The smallest absolute Gasteiger partial charge is 0.147 e. The van der Waals surface area contributed by atoms with Crippen LogP contribution in [0.25, 0.3) is 0 Å². The van der Waals surface area contributed by atoms with Gasteiger partial charge in [-0.1, -0.05) is 37.9 Å². The van der Waals surface area contributed by atoms with Crippen molar-refractivity contribution in [3.63, 3.8) is 0 Å². The third-order valence-corrected chi connectivity index (χ3v) is 3.14. The van der Waals surface area contributed by atoms with E-state index in [1.54, 1.807) is 0 Å². The molecule has 1 rings (SSSR count). The molecule has 0 amide bonds. The number of alkyl halides is 2. The molecule has 14 heavy (non-hydrogen) atoms. The Balaban J connectivity index is 2.90. The van der Waals surface area contributed by atoms with Crippen LogP contribution < -0.4 is 5.73 Å². The number of ketones is 1. The molecule has 0 bridgehead atoms. The number of carbonyl (C=O) groups is 1. The van der Waals surface area contributed by atoms with E-state index in [0.29, 0.717) is 11.8 Å². The van der Waals surface area contributed by atoms with Gasteiger partial charge in [0.25, 0.3) is 0 Å². The maximum absolute atomic E-state index is 11.2. The highest BCUT2D eigenvalue weighted by Crippen LogP contribution is 2.17. The van der Waals surface area contributed by atoms with Gasteiger partial charge in [-0.15, -0.1) is 0 Å². The number of hydrogen-bond donors (Lipinski definition) is 1. The van der Waals surface area contributed by atoms with Crippen molar-refractivity contribution in [3.8, 4) is 0 Å². The number of Topliss-reactive ketones (excluding diaryl/α,β-unsaturated/α-hetero) is 1. The van der Waals surface area contributed by atoms with E-state index in [-0.39, 0.29) is 5.78 Å². The average Bonchev–Trinajstić information content (AvgIpc) is 2.20. The molecular formula is C10H11Br2NO. The van der Waals surface area contributed by atoms with Crippen molar-refractivity contribution in [2.24, 2.45) is 0 Å². The first-order valence-corrected chi connectivity index (χ1v) is 6.42. The first kappa shape index (κ1) is 11.7. The number of halogens is 2. The van der Waals surface area contributed by atoms with Crippen molar-refractivity contribution in [3.05, 3.63) is 29.3 Å². The molecule has 0 saturated carbocycles. The van der Waals surface area contributed by atoms with Gasteiger partial charge >= 0.3 is 0 Å². The molecule has 0 atom stereocenters. The third kappa shape index (κ3) is 3.10. The van der Waals surface area contributed by atoms with Crippen LogP contribution in [0.2, 0.25) is 0 Å². The summed E-state index contributed by atoms with van der Waals surface area (Å²) in [7, 11) is 0. The van der Waals surface area contributed by atoms with Crippen LogP contribution >= 0.6 is 31.9 Å². The van der Waals surface area contributed by atoms with Gasteiger partial charge in [0.05, 0.1) is 5.33 Å². The van der Waals surface area contributed by atoms with Crippen LogP contribution in [0.15, 0.2) is 18.2 Å². The molecule has 0 saturated heterocycles. The molecule has 0 aliphatic heterocycles. The molecule has 0 aliphatic carbocycles. The Labute approximate surface area is 100 Å². The molecular weight excluding hydrogens is 310 g/mol. The van der Waals surface area contributed by atoms with Crippen molar-refractivity contribution in [1.82, 2.24) is 0 Å². The van der Waals surface area contributed by atoms with Crippen molar-refractivity contribution in [2.75, 3.05) is 11.1 Å². The Hall–Kier alpha value is -0.350. The van der Waals surface area contributed by atoms with E-state index in [9.17, 15) is 4.79 Å². The molecule has 0 aromatic heterocycles. The van der Waals surface area contributed by atoms with Gasteiger partial charge in [0.15, 0.2) is 0 Å². The van der Waals surface area contributed by atoms with Crippen LogP contribution in [-0.2, 0) is 16.5 Å². The molecule has 4 heteroatoms. The fraction of sp³-hybridized carbons (Fsp3) is 0.300. The van der Waals surface area contributed by atoms with Gasteiger partial charge in [0, 0.05) is 17.4 Å². The predicted molar refractivity (Wildman–Crippen MR) is 66.0 cm³/mol. The lowest BCUT2D eigenvalue weighted by Gasteiger charge is -2.06. The van der Waals surface area contributed by atoms with Gasteiger partial charge in [0.2, 0.25) is 0 Å². The minimum Gasteiger partial charge on any atom is -0.399 e. The summed E-state index contributed by atoms with van der Waals surface area (Å²) in [6.45, 7) is 0. The molecule has 76 valence electrons. The Bertz CT molecular complexity index is 339. The SMILES string of the molecule is Nc1ccc(CC(=O)CBr)c(CBr)c1. The summed E-state index contributed by atoms with van der Waals surface area (Å²) in [5.74, 6) is 0.178. The van der Waals surface area contributed by atoms with Gasteiger partial charge in [-0.3, -0.25) is 4.79 Å². The van der Waals surface area contributed by atoms with Crippen molar-refractivity contribution in [2.45, 2.75) is 11.8 Å². The molecule has 0 spiro atoms. The van der Waals surface area contributed by atoms with E-state index >= 15 is 0 Å². The Morgan fingerprint density at radius 1 is 1.29 bits per heavy atom. The van der Waals surface area contributed by atoms with Crippen LogP contribution in [0.5, 0.6) is 0 Å². The highest BCUT2D eigenvalue weighted by molar-refractivity contribution is 9.09. The van der Waals surface area contributed by atoms with E-state index in [0.717, 1.165) is 22.1 Å². The summed E-state index contributed by atoms with van der Waals surface area (Å²) >= 11 is 6.52. The molecule has 0 fully saturated rings. The second kappa shape index (κ2) is 5.51. The van der Waals surface area contributed by atoms with Crippen molar-refractivity contribution in [1.29, 1.82) is 0 Å². The van der Waals surface area contributed by atoms with E-state index in [2.05, 4.69) is 31.9 Å². The zero-order chi connectivity index (χ0) is 10.6. The highest BCUT2D eigenvalue weighted by Gasteiger charge is 2.06. The third-order valence-electron chi connectivity index (χ3n) is 1.91. The lowest BCUT2D eigenvalue weighted by molar-refractivity contribution is -0.115. The number of hydrogen-bond acceptors (Lipinski definition) is 2. The molecule has 0 radical (unpaired) electrons. The molecule has 2 nitrogen and oxygen atoms in total. The monoisotopic (exact) mass is 319 g/mol. The first-order chi connectivity index (χ1) is 6.67. The Morgan fingerprint density at radius 2 is 2.00 bits per heavy atom. The maximum atomic E-state index is 11.2. The standard InChI is InChI=1S/C10H11Br2NO/c11-5-8-3-9(13)2-1-7(8)4-10(14)6-12/h1-3H,4-6,13H2. The van der Waals surface area contributed by atoms with Gasteiger partial charge in [-0.25, -0.2) is 0 Å². The average molecular weight is 321 g/mol. The number of carbonyl (C=O) groups excluding carboxylic acids is 1. The van der Waals surface area contributed by atoms with Gasteiger partial charge < -0.3 is 5.73 Å². The fourth-order valence-electron chi connectivity index (χ4n) is 1.20. The number of anilines is 1. The zero-order valence-corrected chi connectivity index (χ0v) is 10.8. The normalized spacial score (nSPS) is 10.1. The maximum Gasteiger partial charge on any atom is 0.147 e. The van der Waals surface area contributed by atoms with E-state index in [1.165, 1.54) is 0 Å². The molecule has 2 N–H and O–H groups in total. The topological polar surface area (TPSA) is 43.1 Å². The molecule has 0 heterocycles. The van der Waals surface area contributed by atoms with E-state index in [4.69, 9.17) is 5.73 Å². The second-order valence-electron chi connectivity index (χ2n) is 3.01. The van der Waals surface area contributed by atoms with E-state index in [1.807, 2.05) is 18.2 Å². The van der Waals surface area contributed by atoms with Crippen LogP contribution in [0.4, 0.5) is 5.69 Å². The van der Waals surface area contributed by atoms with Crippen LogP contribution in [0.1, 0.15) is 11.1 Å². The number of rotatable bonds is 4. The summed E-state index contributed by atoms with van der Waals surface area (Å²) in [5.41, 5.74) is 8.51. The Morgan fingerprint density at radius 3 is 2.57 bits per heavy atom. The molecule has 1 aromatic carbocycles. The van der Waals surface area contributed by atoms with E-state index < -0.39 is 0 Å². The van der Waals surface area contributed by atoms with Crippen molar-refractivity contribution >= 4 is 43.3 Å². The van der Waals surface area contributed by atoms with Crippen LogP contribution in [0, 0.1) is 0 Å². The van der Waals surface area contributed by atoms with Crippen LogP contribution in [-0.4, -0.2) is 11.1 Å². The fourth-order valence-corrected chi connectivity index (χ4v) is 1.92. The Kier molecular flexibility index (Phi) is 4.62. The minimum atomic E-state index is 0.178. The quantitative estimate of drug-likeness (QED) is 0.684. The van der Waals surface area contributed by atoms with Crippen molar-refractivity contribution < 1.29 is 4.79 Å². The number of benzene rings is 1. The van der Waals surface area contributed by atoms with Gasteiger partial charge in [-0.2, -0.15) is 0 Å². The molecule has 0 unspecified atom stereocenters. The van der Waals surface area contributed by atoms with Gasteiger partial charge in [-0.05, 0) is 23.3 Å². The van der Waals surface area contributed by atoms with Gasteiger partial charge in [0.1, 0.15) is 5.78 Å². The lowest BCUT2D eigenvalue weighted by atomic mass is 10.0. The van der Waals surface area contributed by atoms with Crippen LogP contribution in [0.3, 0.4) is 0 Å². The summed E-state index contributed by atoms with van der Waals surface area (Å²) in [6.07, 6.45) is 0.465. The zero-order valence-electron chi connectivity index (χ0n) is 7.59. The molecule has 0 aliphatic rings. The number of nitrogen functional groups attached to an aromatic ring is 1. The summed E-state index contributed by atoms with van der Waals surface area (Å²) in [6, 6.07) is 5.63. The largest absolute Gasteiger partial charge is 0.399 e. The summed E-state index contributed by atoms with van der Waals surface area (Å²) < 4.78 is 0. The minimum absolute atomic E-state index is 0.178. The predicted octanol–water partition coefficient (Wildman–Crippen LogP) is 2.67. The number of nitrogens with two attached hydrogens (primary N) is 1. The molecule has 1 aromatic rings.